The first-order valence-corrected chi connectivity index (χ1v) is 10.2. The second-order valence-corrected chi connectivity index (χ2v) is 9.63. The summed E-state index contributed by atoms with van der Waals surface area (Å²) in [4.78, 5) is 24.0. The van der Waals surface area contributed by atoms with E-state index in [0.29, 0.717) is 30.8 Å². The highest BCUT2D eigenvalue weighted by Gasteiger charge is 2.45. The molecule has 0 radical (unpaired) electrons. The summed E-state index contributed by atoms with van der Waals surface area (Å²) >= 11 is 1.08. The summed E-state index contributed by atoms with van der Waals surface area (Å²) in [6.07, 6.45) is 3.40. The number of nitrogens with zero attached hydrogens (tertiary/aromatic N) is 1. The first-order valence-electron chi connectivity index (χ1n) is 7.97. The molecular weight excluding hydrogens is 352 g/mol. The number of rotatable bonds is 6. The van der Waals surface area contributed by atoms with Crippen molar-refractivity contribution >= 4 is 33.2 Å². The number of sulfonamides is 1. The monoisotopic (exact) mass is 372 g/mol. The Balaban J connectivity index is 1.66. The molecule has 1 aromatic rings. The van der Waals surface area contributed by atoms with E-state index in [0.717, 1.165) is 30.6 Å². The van der Waals surface area contributed by atoms with Gasteiger partial charge in [-0.2, -0.15) is 4.31 Å². The smallest absolute Gasteiger partial charge is 0.329 e. The van der Waals surface area contributed by atoms with E-state index in [9.17, 15) is 23.1 Å². The lowest BCUT2D eigenvalue weighted by atomic mass is 9.76. The van der Waals surface area contributed by atoms with Gasteiger partial charge in [0.25, 0.3) is 10.0 Å². The van der Waals surface area contributed by atoms with Crippen molar-refractivity contribution in [2.45, 2.75) is 48.3 Å². The Hall–Kier alpha value is -1.45. The number of hydrogen-bond donors (Lipinski definition) is 2. The maximum absolute atomic E-state index is 12.5. The zero-order valence-corrected chi connectivity index (χ0v) is 14.8. The summed E-state index contributed by atoms with van der Waals surface area (Å²) in [6, 6.07) is 3.15. The van der Waals surface area contributed by atoms with Gasteiger partial charge in [0.15, 0.2) is 0 Å². The van der Waals surface area contributed by atoms with E-state index in [1.54, 1.807) is 6.07 Å². The van der Waals surface area contributed by atoms with Crippen molar-refractivity contribution in [3.63, 3.8) is 0 Å². The van der Waals surface area contributed by atoms with Crippen LogP contribution in [0.2, 0.25) is 0 Å². The Morgan fingerprint density at radius 3 is 2.42 bits per heavy atom. The van der Waals surface area contributed by atoms with E-state index >= 15 is 0 Å². The molecule has 1 saturated carbocycles. The van der Waals surface area contributed by atoms with Crippen molar-refractivity contribution in [3.05, 3.63) is 17.0 Å². The van der Waals surface area contributed by atoms with Crippen molar-refractivity contribution in [1.82, 2.24) is 9.62 Å². The fourth-order valence-corrected chi connectivity index (χ4v) is 6.07. The van der Waals surface area contributed by atoms with Crippen molar-refractivity contribution in [2.75, 3.05) is 13.1 Å². The molecule has 0 bridgehead atoms. The molecule has 7 nitrogen and oxygen atoms in total. The van der Waals surface area contributed by atoms with Crippen LogP contribution in [0.1, 0.15) is 37.0 Å². The van der Waals surface area contributed by atoms with Crippen LogP contribution in [0.15, 0.2) is 16.3 Å². The minimum Gasteiger partial charge on any atom is -0.480 e. The van der Waals surface area contributed by atoms with Crippen LogP contribution in [0.4, 0.5) is 0 Å². The molecule has 2 heterocycles. The second-order valence-electron chi connectivity index (χ2n) is 6.30. The van der Waals surface area contributed by atoms with Gasteiger partial charge in [-0.3, -0.25) is 4.79 Å². The average molecular weight is 372 g/mol. The van der Waals surface area contributed by atoms with Crippen molar-refractivity contribution in [1.29, 1.82) is 0 Å². The highest BCUT2D eigenvalue weighted by atomic mass is 32.2. The first-order chi connectivity index (χ1) is 11.3. The Kier molecular flexibility index (Phi) is 4.67. The first kappa shape index (κ1) is 17.4. The van der Waals surface area contributed by atoms with Crippen LogP contribution in [-0.2, 0) is 26.0 Å². The molecular formula is C15H20N2O5S2. The van der Waals surface area contributed by atoms with Crippen molar-refractivity contribution < 1.29 is 23.1 Å². The van der Waals surface area contributed by atoms with E-state index < -0.39 is 21.5 Å². The fraction of sp³-hybridized carbons (Fsp3) is 0.600. The molecule has 9 heteroatoms. The number of hydrogen-bond acceptors (Lipinski definition) is 5. The number of thiophene rings is 1. The number of carboxylic acid groups (broad SMARTS) is 1. The molecule has 0 aromatic carbocycles. The predicted molar refractivity (Wildman–Crippen MR) is 88.4 cm³/mol. The number of nitrogens with one attached hydrogen (secondary N) is 1. The van der Waals surface area contributed by atoms with Gasteiger partial charge < -0.3 is 10.4 Å². The summed E-state index contributed by atoms with van der Waals surface area (Å²) in [5, 5.41) is 11.8. The quantitative estimate of drug-likeness (QED) is 0.781. The normalized spacial score (nSPS) is 20.5. The van der Waals surface area contributed by atoms with Gasteiger partial charge in [0, 0.05) is 18.0 Å². The molecule has 1 aromatic heterocycles. The fourth-order valence-electron chi connectivity index (χ4n) is 3.04. The number of aliphatic carboxylic acids is 1. The molecule has 0 unspecified atom stereocenters. The second kappa shape index (κ2) is 6.45. The summed E-state index contributed by atoms with van der Waals surface area (Å²) in [7, 11) is -3.47. The molecule has 24 heavy (non-hydrogen) atoms. The van der Waals surface area contributed by atoms with E-state index in [1.807, 2.05) is 0 Å². The van der Waals surface area contributed by atoms with Crippen LogP contribution in [0.5, 0.6) is 0 Å². The highest BCUT2D eigenvalue weighted by molar-refractivity contribution is 7.91. The minimum absolute atomic E-state index is 0.00475. The van der Waals surface area contributed by atoms with Crippen molar-refractivity contribution in [3.8, 4) is 0 Å². The van der Waals surface area contributed by atoms with Gasteiger partial charge in [0.05, 0.1) is 6.42 Å². The molecule has 1 aliphatic heterocycles. The molecule has 0 spiro atoms. The highest BCUT2D eigenvalue weighted by Crippen LogP contribution is 2.32. The van der Waals surface area contributed by atoms with E-state index in [4.69, 9.17) is 0 Å². The van der Waals surface area contributed by atoms with E-state index in [2.05, 4.69) is 5.32 Å². The van der Waals surface area contributed by atoms with Crippen LogP contribution < -0.4 is 5.32 Å². The van der Waals surface area contributed by atoms with Crippen LogP contribution in [0, 0.1) is 0 Å². The summed E-state index contributed by atoms with van der Waals surface area (Å²) in [6.45, 7) is 1.08. The molecule has 1 saturated heterocycles. The van der Waals surface area contributed by atoms with E-state index in [-0.39, 0.29) is 16.5 Å². The van der Waals surface area contributed by atoms with Gasteiger partial charge >= 0.3 is 5.97 Å². The standard InChI is InChI=1S/C15H20N2O5S2/c18-12(16-15(14(19)20)6-3-7-15)10-11-4-5-13(23-11)24(21,22)17-8-1-2-9-17/h4-5H,1-3,6-10H2,(H,16,18)(H,19,20). The molecule has 2 fully saturated rings. The van der Waals surface area contributed by atoms with Crippen LogP contribution >= 0.6 is 11.3 Å². The maximum atomic E-state index is 12.5. The largest absolute Gasteiger partial charge is 0.480 e. The van der Waals surface area contributed by atoms with Gasteiger partial charge in [0.1, 0.15) is 9.75 Å². The molecule has 1 amide bonds. The van der Waals surface area contributed by atoms with Gasteiger partial charge in [-0.1, -0.05) is 0 Å². The summed E-state index contributed by atoms with van der Waals surface area (Å²) < 4.78 is 26.6. The summed E-state index contributed by atoms with van der Waals surface area (Å²) in [5.41, 5.74) is -1.14. The minimum atomic E-state index is -3.47. The average Bonchev–Trinajstić information content (AvgIpc) is 3.13. The molecule has 2 aliphatic rings. The Morgan fingerprint density at radius 1 is 1.21 bits per heavy atom. The zero-order chi connectivity index (χ0) is 17.4. The Labute approximate surface area is 144 Å². The third kappa shape index (κ3) is 3.20. The lowest BCUT2D eigenvalue weighted by molar-refractivity contribution is -0.151. The van der Waals surface area contributed by atoms with E-state index in [1.165, 1.54) is 10.4 Å². The topological polar surface area (TPSA) is 104 Å². The Bertz CT molecular complexity index is 746. The Morgan fingerprint density at radius 2 is 1.88 bits per heavy atom. The van der Waals surface area contributed by atoms with Gasteiger partial charge in [-0.15, -0.1) is 11.3 Å². The van der Waals surface area contributed by atoms with Crippen LogP contribution in [0.3, 0.4) is 0 Å². The van der Waals surface area contributed by atoms with Crippen LogP contribution in [-0.4, -0.2) is 48.3 Å². The summed E-state index contributed by atoms with van der Waals surface area (Å²) in [5.74, 6) is -1.39. The molecule has 1 aliphatic carbocycles. The van der Waals surface area contributed by atoms with Crippen molar-refractivity contribution in [2.24, 2.45) is 0 Å². The molecule has 3 rings (SSSR count). The zero-order valence-electron chi connectivity index (χ0n) is 13.2. The molecule has 2 N–H and O–H groups in total. The van der Waals surface area contributed by atoms with Crippen LogP contribution in [0.25, 0.3) is 0 Å². The maximum Gasteiger partial charge on any atom is 0.329 e. The molecule has 0 atom stereocenters. The predicted octanol–water partition coefficient (Wildman–Crippen LogP) is 1.20. The third-order valence-corrected chi connectivity index (χ3v) is 8.08. The SMILES string of the molecule is O=C(Cc1ccc(S(=O)(=O)N2CCCC2)s1)NC1(C(=O)O)CCC1. The number of carbonyl (C=O) groups excluding carboxylic acids is 1. The number of carbonyl (C=O) groups is 2. The van der Waals surface area contributed by atoms with Gasteiger partial charge in [0.2, 0.25) is 5.91 Å². The lowest BCUT2D eigenvalue weighted by Gasteiger charge is -2.38. The third-order valence-electron chi connectivity index (χ3n) is 4.63. The molecule has 132 valence electrons. The number of amides is 1. The van der Waals surface area contributed by atoms with Gasteiger partial charge in [-0.05, 0) is 44.2 Å². The van der Waals surface area contributed by atoms with Gasteiger partial charge in [-0.25, -0.2) is 13.2 Å². The lowest BCUT2D eigenvalue weighted by Crippen LogP contribution is -2.59. The number of carboxylic acids is 1.